The fourth-order valence-electron chi connectivity index (χ4n) is 2.88. The fraction of sp³-hybridized carbons (Fsp3) is 0.867. The molecule has 4 unspecified atom stereocenters. The predicted molar refractivity (Wildman–Crippen MR) is 78.5 cm³/mol. The summed E-state index contributed by atoms with van der Waals surface area (Å²) in [4.78, 5) is 22.9. The highest BCUT2D eigenvalue weighted by molar-refractivity contribution is 5.76. The van der Waals surface area contributed by atoms with E-state index in [1.54, 1.807) is 0 Å². The number of urea groups is 1. The minimum atomic E-state index is -0.841. The predicted octanol–water partition coefficient (Wildman–Crippen LogP) is 2.61. The lowest BCUT2D eigenvalue weighted by Gasteiger charge is -2.34. The van der Waals surface area contributed by atoms with Gasteiger partial charge in [-0.3, -0.25) is 4.79 Å². The van der Waals surface area contributed by atoms with Gasteiger partial charge in [-0.25, -0.2) is 4.79 Å². The van der Waals surface area contributed by atoms with Gasteiger partial charge in [0.05, 0.1) is 5.92 Å². The lowest BCUT2D eigenvalue weighted by atomic mass is 9.78. The van der Waals surface area contributed by atoms with E-state index >= 15 is 0 Å². The summed E-state index contributed by atoms with van der Waals surface area (Å²) in [6, 6.07) is -0.0356. The Morgan fingerprint density at radius 1 is 1.30 bits per heavy atom. The van der Waals surface area contributed by atoms with Crippen LogP contribution in [0.1, 0.15) is 52.9 Å². The summed E-state index contributed by atoms with van der Waals surface area (Å²) in [5, 5.41) is 14.7. The standard InChI is InChI=1S/C15H28N2O3/c1-4-6-12(14(18)19)9-16-15(20)17-13-8-5-7-10(2)11(13)3/h10-13H,4-9H2,1-3H3,(H,18,19)(H2,16,17,20). The van der Waals surface area contributed by atoms with Crippen molar-refractivity contribution in [2.75, 3.05) is 6.54 Å². The molecule has 0 spiro atoms. The molecule has 1 saturated carbocycles. The van der Waals surface area contributed by atoms with Crippen LogP contribution < -0.4 is 10.6 Å². The molecule has 1 fully saturated rings. The number of nitrogens with one attached hydrogen (secondary N) is 2. The average molecular weight is 284 g/mol. The molecular formula is C15H28N2O3. The Kier molecular flexibility index (Phi) is 6.82. The Morgan fingerprint density at radius 2 is 2.00 bits per heavy atom. The summed E-state index contributed by atoms with van der Waals surface area (Å²) in [6.07, 6.45) is 4.77. The number of hydrogen-bond acceptors (Lipinski definition) is 2. The summed E-state index contributed by atoms with van der Waals surface area (Å²) in [5.74, 6) is -0.235. The number of hydrogen-bond donors (Lipinski definition) is 3. The molecule has 4 atom stereocenters. The molecule has 2 amide bonds. The number of carbonyl (C=O) groups excluding carboxylic acids is 1. The average Bonchev–Trinajstić information content (AvgIpc) is 2.39. The van der Waals surface area contributed by atoms with Crippen molar-refractivity contribution in [2.24, 2.45) is 17.8 Å². The number of carbonyl (C=O) groups is 2. The summed E-state index contributed by atoms with van der Waals surface area (Å²) < 4.78 is 0. The SMILES string of the molecule is CCCC(CNC(=O)NC1CCCC(C)C1C)C(=O)O. The minimum Gasteiger partial charge on any atom is -0.481 e. The Labute approximate surface area is 121 Å². The van der Waals surface area contributed by atoms with Gasteiger partial charge in [0.15, 0.2) is 0 Å². The molecule has 3 N–H and O–H groups in total. The number of rotatable bonds is 6. The van der Waals surface area contributed by atoms with Gasteiger partial charge in [0.2, 0.25) is 0 Å². The molecule has 0 heterocycles. The summed E-state index contributed by atoms with van der Waals surface area (Å²) >= 11 is 0. The smallest absolute Gasteiger partial charge is 0.315 e. The second-order valence-electron chi connectivity index (χ2n) is 6.05. The van der Waals surface area contributed by atoms with Gasteiger partial charge in [-0.1, -0.05) is 40.0 Å². The molecule has 1 aliphatic rings. The molecule has 116 valence electrons. The second kappa shape index (κ2) is 8.12. The number of carboxylic acids is 1. The molecule has 0 aliphatic heterocycles. The third kappa shape index (κ3) is 5.02. The monoisotopic (exact) mass is 284 g/mol. The topological polar surface area (TPSA) is 78.4 Å². The van der Waals surface area contributed by atoms with Gasteiger partial charge in [0.25, 0.3) is 0 Å². The van der Waals surface area contributed by atoms with E-state index in [9.17, 15) is 9.59 Å². The van der Waals surface area contributed by atoms with E-state index in [1.165, 1.54) is 6.42 Å². The van der Waals surface area contributed by atoms with Crippen molar-refractivity contribution in [3.05, 3.63) is 0 Å². The van der Waals surface area contributed by atoms with Gasteiger partial charge < -0.3 is 15.7 Å². The largest absolute Gasteiger partial charge is 0.481 e. The lowest BCUT2D eigenvalue weighted by molar-refractivity contribution is -0.141. The molecule has 5 heteroatoms. The lowest BCUT2D eigenvalue weighted by Crippen LogP contribution is -2.49. The van der Waals surface area contributed by atoms with Crippen LogP contribution in [0, 0.1) is 17.8 Å². The number of amides is 2. The van der Waals surface area contributed by atoms with Crippen LogP contribution in [0.3, 0.4) is 0 Å². The maximum absolute atomic E-state index is 11.9. The first-order valence-corrected chi connectivity index (χ1v) is 7.72. The minimum absolute atomic E-state index is 0.200. The van der Waals surface area contributed by atoms with Gasteiger partial charge in [-0.15, -0.1) is 0 Å². The maximum Gasteiger partial charge on any atom is 0.315 e. The number of aliphatic carboxylic acids is 1. The molecule has 0 saturated heterocycles. The van der Waals surface area contributed by atoms with Crippen LogP contribution in [0.5, 0.6) is 0 Å². The zero-order chi connectivity index (χ0) is 15.1. The molecule has 0 aromatic heterocycles. The first-order valence-electron chi connectivity index (χ1n) is 7.72. The van der Waals surface area contributed by atoms with Crippen molar-refractivity contribution in [1.82, 2.24) is 10.6 Å². The molecular weight excluding hydrogens is 256 g/mol. The highest BCUT2D eigenvalue weighted by atomic mass is 16.4. The molecule has 0 aromatic rings. The van der Waals surface area contributed by atoms with Crippen LogP contribution in [0.25, 0.3) is 0 Å². The van der Waals surface area contributed by atoms with Crippen molar-refractivity contribution < 1.29 is 14.7 Å². The zero-order valence-electron chi connectivity index (χ0n) is 12.8. The molecule has 0 aromatic carbocycles. The quantitative estimate of drug-likeness (QED) is 0.701. The van der Waals surface area contributed by atoms with Crippen LogP contribution in [-0.2, 0) is 4.79 Å². The van der Waals surface area contributed by atoms with Gasteiger partial charge in [0.1, 0.15) is 0 Å². The van der Waals surface area contributed by atoms with Crippen molar-refractivity contribution in [3.63, 3.8) is 0 Å². The van der Waals surface area contributed by atoms with Gasteiger partial charge in [-0.05, 0) is 24.7 Å². The highest BCUT2D eigenvalue weighted by Crippen LogP contribution is 2.29. The van der Waals surface area contributed by atoms with Gasteiger partial charge in [0, 0.05) is 12.6 Å². The van der Waals surface area contributed by atoms with E-state index in [0.717, 1.165) is 19.3 Å². The highest BCUT2D eigenvalue weighted by Gasteiger charge is 2.28. The van der Waals surface area contributed by atoms with Crippen LogP contribution in [-0.4, -0.2) is 29.7 Å². The molecule has 0 radical (unpaired) electrons. The third-order valence-electron chi connectivity index (χ3n) is 4.52. The molecule has 5 nitrogen and oxygen atoms in total. The summed E-state index contributed by atoms with van der Waals surface area (Å²) in [7, 11) is 0. The van der Waals surface area contributed by atoms with Crippen LogP contribution >= 0.6 is 0 Å². The van der Waals surface area contributed by atoms with E-state index < -0.39 is 11.9 Å². The summed E-state index contributed by atoms with van der Waals surface area (Å²) in [6.45, 7) is 6.54. The maximum atomic E-state index is 11.9. The Bertz CT molecular complexity index is 333. The molecule has 20 heavy (non-hydrogen) atoms. The first kappa shape index (κ1) is 16.8. The Morgan fingerprint density at radius 3 is 2.60 bits per heavy atom. The van der Waals surface area contributed by atoms with E-state index in [0.29, 0.717) is 18.3 Å². The van der Waals surface area contributed by atoms with Crippen molar-refractivity contribution >= 4 is 12.0 Å². The fourth-order valence-corrected chi connectivity index (χ4v) is 2.88. The zero-order valence-corrected chi connectivity index (χ0v) is 12.8. The normalized spacial score (nSPS) is 27.6. The molecule has 1 aliphatic carbocycles. The summed E-state index contributed by atoms with van der Waals surface area (Å²) in [5.41, 5.74) is 0. The molecule has 0 bridgehead atoms. The van der Waals surface area contributed by atoms with Gasteiger partial charge >= 0.3 is 12.0 Å². The first-order chi connectivity index (χ1) is 9.45. The van der Waals surface area contributed by atoms with Crippen molar-refractivity contribution in [1.29, 1.82) is 0 Å². The Balaban J connectivity index is 2.37. The van der Waals surface area contributed by atoms with Crippen LogP contribution in [0.15, 0.2) is 0 Å². The van der Waals surface area contributed by atoms with Crippen LogP contribution in [0.2, 0.25) is 0 Å². The number of carboxylic acid groups (broad SMARTS) is 1. The van der Waals surface area contributed by atoms with E-state index in [1.807, 2.05) is 6.92 Å². The third-order valence-corrected chi connectivity index (χ3v) is 4.52. The Hall–Kier alpha value is -1.26. The van der Waals surface area contributed by atoms with Crippen LogP contribution in [0.4, 0.5) is 4.79 Å². The van der Waals surface area contributed by atoms with E-state index in [4.69, 9.17) is 5.11 Å². The van der Waals surface area contributed by atoms with E-state index in [2.05, 4.69) is 24.5 Å². The van der Waals surface area contributed by atoms with Crippen molar-refractivity contribution in [2.45, 2.75) is 58.9 Å². The van der Waals surface area contributed by atoms with E-state index in [-0.39, 0.29) is 18.6 Å². The van der Waals surface area contributed by atoms with Crippen molar-refractivity contribution in [3.8, 4) is 0 Å². The molecule has 1 rings (SSSR count). The second-order valence-corrected chi connectivity index (χ2v) is 6.05. The van der Waals surface area contributed by atoms with Gasteiger partial charge in [-0.2, -0.15) is 0 Å².